The Morgan fingerprint density at radius 2 is 1.69 bits per heavy atom. The van der Waals surface area contributed by atoms with Crippen LogP contribution in [0, 0.1) is 0 Å². The molecule has 0 aliphatic carbocycles. The van der Waals surface area contributed by atoms with E-state index in [1.165, 1.54) is 4.90 Å². The van der Waals surface area contributed by atoms with Gasteiger partial charge in [-0.25, -0.2) is 0 Å². The standard InChI is InChI=1S/C24H16BrCl2NO3S/c25-18-5-1-3-15(9-18)13-28-23(29)22(32-24(28)30)12-17-11-20(27)7-8-21(17)31-14-16-4-2-6-19(26)10-16/h1-12H,13-14H2/b22-12+. The molecule has 0 N–H and O–H groups in total. The van der Waals surface area contributed by atoms with Crippen molar-refractivity contribution >= 4 is 68.1 Å². The van der Waals surface area contributed by atoms with Crippen LogP contribution in [-0.4, -0.2) is 16.0 Å². The molecule has 1 aliphatic heterocycles. The molecule has 162 valence electrons. The van der Waals surface area contributed by atoms with E-state index < -0.39 is 0 Å². The van der Waals surface area contributed by atoms with Crippen LogP contribution in [0.15, 0.2) is 76.1 Å². The zero-order valence-electron chi connectivity index (χ0n) is 16.6. The van der Waals surface area contributed by atoms with Crippen LogP contribution in [0.4, 0.5) is 4.79 Å². The molecular formula is C24H16BrCl2NO3S. The van der Waals surface area contributed by atoms with Crippen LogP contribution in [0.5, 0.6) is 5.75 Å². The molecule has 4 rings (SSSR count). The van der Waals surface area contributed by atoms with Gasteiger partial charge in [0.05, 0.1) is 11.4 Å². The minimum Gasteiger partial charge on any atom is -0.488 e. The van der Waals surface area contributed by atoms with Gasteiger partial charge in [0.15, 0.2) is 0 Å². The number of amides is 2. The number of ether oxygens (including phenoxy) is 1. The second-order valence-corrected chi connectivity index (χ2v) is 9.78. The molecule has 4 nitrogen and oxygen atoms in total. The van der Waals surface area contributed by atoms with Crippen molar-refractivity contribution in [3.05, 3.63) is 103 Å². The maximum absolute atomic E-state index is 12.9. The number of hydrogen-bond acceptors (Lipinski definition) is 4. The maximum atomic E-state index is 12.9. The predicted molar refractivity (Wildman–Crippen MR) is 133 cm³/mol. The van der Waals surface area contributed by atoms with Gasteiger partial charge in [-0.3, -0.25) is 14.5 Å². The molecule has 8 heteroatoms. The minimum atomic E-state index is -0.347. The monoisotopic (exact) mass is 547 g/mol. The fourth-order valence-corrected chi connectivity index (χ4v) is 4.82. The van der Waals surface area contributed by atoms with E-state index in [4.69, 9.17) is 27.9 Å². The van der Waals surface area contributed by atoms with Crippen LogP contribution in [-0.2, 0) is 17.9 Å². The van der Waals surface area contributed by atoms with Gasteiger partial charge < -0.3 is 4.74 Å². The van der Waals surface area contributed by atoms with Gasteiger partial charge in [0.25, 0.3) is 11.1 Å². The molecule has 3 aromatic rings. The average Bonchev–Trinajstić information content (AvgIpc) is 3.01. The molecule has 0 atom stereocenters. The zero-order chi connectivity index (χ0) is 22.7. The number of hydrogen-bond donors (Lipinski definition) is 0. The van der Waals surface area contributed by atoms with Crippen molar-refractivity contribution in [2.24, 2.45) is 0 Å². The Kier molecular flexibility index (Phi) is 7.26. The number of rotatable bonds is 6. The Labute approximate surface area is 208 Å². The molecule has 0 radical (unpaired) electrons. The first-order valence-electron chi connectivity index (χ1n) is 9.55. The van der Waals surface area contributed by atoms with Crippen LogP contribution in [0.1, 0.15) is 16.7 Å². The van der Waals surface area contributed by atoms with E-state index in [-0.39, 0.29) is 17.7 Å². The topological polar surface area (TPSA) is 46.6 Å². The highest BCUT2D eigenvalue weighted by Gasteiger charge is 2.35. The first-order chi connectivity index (χ1) is 15.4. The third-order valence-corrected chi connectivity index (χ3v) is 6.52. The van der Waals surface area contributed by atoms with Crippen molar-refractivity contribution < 1.29 is 14.3 Å². The van der Waals surface area contributed by atoms with Gasteiger partial charge in [-0.05, 0) is 71.4 Å². The van der Waals surface area contributed by atoms with Crippen molar-refractivity contribution in [2.45, 2.75) is 13.2 Å². The molecule has 0 aromatic heterocycles. The number of nitrogens with zero attached hydrogens (tertiary/aromatic N) is 1. The SMILES string of the molecule is O=C1S/C(=C/c2cc(Cl)ccc2OCc2cccc(Cl)c2)C(=O)N1Cc1cccc(Br)c1. The molecular weight excluding hydrogens is 533 g/mol. The third-order valence-electron chi connectivity index (χ3n) is 4.65. The fourth-order valence-electron chi connectivity index (χ4n) is 3.15. The first-order valence-corrected chi connectivity index (χ1v) is 11.9. The van der Waals surface area contributed by atoms with Crippen molar-refractivity contribution in [3.63, 3.8) is 0 Å². The minimum absolute atomic E-state index is 0.203. The summed E-state index contributed by atoms with van der Waals surface area (Å²) < 4.78 is 6.84. The second-order valence-electron chi connectivity index (χ2n) is 7.00. The highest BCUT2D eigenvalue weighted by atomic mass is 79.9. The molecule has 0 spiro atoms. The summed E-state index contributed by atoms with van der Waals surface area (Å²) in [6, 6.07) is 20.0. The number of imide groups is 1. The van der Waals surface area contributed by atoms with Crippen LogP contribution >= 0.6 is 50.9 Å². The molecule has 32 heavy (non-hydrogen) atoms. The number of carbonyl (C=O) groups is 2. The third kappa shape index (κ3) is 5.56. The van der Waals surface area contributed by atoms with Gasteiger partial charge in [0.1, 0.15) is 12.4 Å². The van der Waals surface area contributed by atoms with Crippen molar-refractivity contribution in [1.82, 2.24) is 4.90 Å². The van der Waals surface area contributed by atoms with Crippen LogP contribution < -0.4 is 4.74 Å². The van der Waals surface area contributed by atoms with Crippen molar-refractivity contribution in [3.8, 4) is 5.75 Å². The van der Waals surface area contributed by atoms with E-state index in [9.17, 15) is 9.59 Å². The van der Waals surface area contributed by atoms with Gasteiger partial charge in [-0.2, -0.15) is 0 Å². The summed E-state index contributed by atoms with van der Waals surface area (Å²) in [6.45, 7) is 0.502. The summed E-state index contributed by atoms with van der Waals surface area (Å²) in [5.74, 6) is 0.203. The molecule has 1 heterocycles. The summed E-state index contributed by atoms with van der Waals surface area (Å²) in [6.07, 6.45) is 1.64. The molecule has 3 aromatic carbocycles. The zero-order valence-corrected chi connectivity index (χ0v) is 20.5. The maximum Gasteiger partial charge on any atom is 0.293 e. The number of thioether (sulfide) groups is 1. The van der Waals surface area contributed by atoms with Gasteiger partial charge in [-0.1, -0.05) is 63.4 Å². The van der Waals surface area contributed by atoms with Crippen molar-refractivity contribution in [1.29, 1.82) is 0 Å². The smallest absolute Gasteiger partial charge is 0.293 e. The quantitative estimate of drug-likeness (QED) is 0.298. The average molecular weight is 549 g/mol. The van der Waals surface area contributed by atoms with E-state index in [0.717, 1.165) is 27.4 Å². The normalized spacial score (nSPS) is 15.0. The lowest BCUT2D eigenvalue weighted by atomic mass is 10.1. The Morgan fingerprint density at radius 1 is 0.938 bits per heavy atom. The Bertz CT molecular complexity index is 1230. The summed E-state index contributed by atoms with van der Waals surface area (Å²) in [7, 11) is 0. The van der Waals surface area contributed by atoms with Crippen LogP contribution in [0.25, 0.3) is 6.08 Å². The highest BCUT2D eigenvalue weighted by molar-refractivity contribution is 9.10. The molecule has 0 bridgehead atoms. The number of carbonyl (C=O) groups excluding carboxylic acids is 2. The lowest BCUT2D eigenvalue weighted by Gasteiger charge is -2.13. The molecule has 2 amide bonds. The molecule has 1 saturated heterocycles. The number of benzene rings is 3. The van der Waals surface area contributed by atoms with E-state index in [1.54, 1.807) is 30.3 Å². The van der Waals surface area contributed by atoms with E-state index in [2.05, 4.69) is 15.9 Å². The van der Waals surface area contributed by atoms with Gasteiger partial charge >= 0.3 is 0 Å². The van der Waals surface area contributed by atoms with Crippen molar-refractivity contribution in [2.75, 3.05) is 0 Å². The van der Waals surface area contributed by atoms with Gasteiger partial charge in [0, 0.05) is 20.1 Å². The van der Waals surface area contributed by atoms with Crippen LogP contribution in [0.2, 0.25) is 10.0 Å². The molecule has 1 aliphatic rings. The lowest BCUT2D eigenvalue weighted by molar-refractivity contribution is -0.123. The van der Waals surface area contributed by atoms with Crippen LogP contribution in [0.3, 0.4) is 0 Å². The molecule has 0 unspecified atom stereocenters. The summed E-state index contributed by atoms with van der Waals surface area (Å²) >= 11 is 16.5. The highest BCUT2D eigenvalue weighted by Crippen LogP contribution is 2.36. The molecule has 0 saturated carbocycles. The van der Waals surface area contributed by atoms with E-state index in [0.29, 0.717) is 32.9 Å². The summed E-state index contributed by atoms with van der Waals surface area (Å²) in [5, 5.41) is 0.811. The van der Waals surface area contributed by atoms with E-state index >= 15 is 0 Å². The fraction of sp³-hybridized carbons (Fsp3) is 0.0833. The summed E-state index contributed by atoms with van der Waals surface area (Å²) in [4.78, 5) is 27.0. The number of halogens is 3. The predicted octanol–water partition coefficient (Wildman–Crippen LogP) is 7.57. The Morgan fingerprint density at radius 3 is 2.47 bits per heavy atom. The van der Waals surface area contributed by atoms with Gasteiger partial charge in [-0.15, -0.1) is 0 Å². The largest absolute Gasteiger partial charge is 0.488 e. The summed E-state index contributed by atoms with van der Waals surface area (Å²) in [5.41, 5.74) is 2.39. The Hall–Kier alpha value is -2.25. The van der Waals surface area contributed by atoms with Gasteiger partial charge in [0.2, 0.25) is 0 Å². The lowest BCUT2D eigenvalue weighted by Crippen LogP contribution is -2.27. The second kappa shape index (κ2) is 10.1. The first kappa shape index (κ1) is 22.9. The Balaban J connectivity index is 1.55. The molecule has 1 fully saturated rings. The van der Waals surface area contributed by atoms with E-state index in [1.807, 2.05) is 42.5 Å².